The second-order valence-corrected chi connectivity index (χ2v) is 2.74. The van der Waals surface area contributed by atoms with E-state index >= 15 is 0 Å². The minimum Gasteiger partial charge on any atom is -0.299 e. The summed E-state index contributed by atoms with van der Waals surface area (Å²) in [5.41, 5.74) is 2.33. The van der Waals surface area contributed by atoms with E-state index in [0.717, 1.165) is 11.9 Å². The third-order valence-electron chi connectivity index (χ3n) is 1.77. The monoisotopic (exact) mass is 172 g/mol. The van der Waals surface area contributed by atoms with Crippen molar-refractivity contribution >= 4 is 11.9 Å². The van der Waals surface area contributed by atoms with Gasteiger partial charge in [0.25, 0.3) is 0 Å². The summed E-state index contributed by atoms with van der Waals surface area (Å²) in [5.74, 6) is 0. The fraction of sp³-hybridized carbons (Fsp3) is 0.0833. The van der Waals surface area contributed by atoms with Crippen molar-refractivity contribution in [2.45, 2.75) is 6.92 Å². The molecule has 66 valence electrons. The summed E-state index contributed by atoms with van der Waals surface area (Å²) < 4.78 is 0. The zero-order valence-electron chi connectivity index (χ0n) is 7.60. The summed E-state index contributed by atoms with van der Waals surface area (Å²) in [7, 11) is 0. The van der Waals surface area contributed by atoms with Gasteiger partial charge in [-0.15, -0.1) is 0 Å². The molecule has 0 N–H and O–H groups in total. The predicted octanol–water partition coefficient (Wildman–Crippen LogP) is 2.85. The van der Waals surface area contributed by atoms with Gasteiger partial charge in [0.15, 0.2) is 0 Å². The van der Waals surface area contributed by atoms with Gasteiger partial charge in [-0.05, 0) is 24.1 Å². The Morgan fingerprint density at radius 2 is 1.85 bits per heavy atom. The Balaban J connectivity index is 2.79. The van der Waals surface area contributed by atoms with Gasteiger partial charge in [0.1, 0.15) is 6.29 Å². The fourth-order valence-corrected chi connectivity index (χ4v) is 1.04. The molecular weight excluding hydrogens is 160 g/mol. The fourth-order valence-electron chi connectivity index (χ4n) is 1.04. The van der Waals surface area contributed by atoms with E-state index in [-0.39, 0.29) is 0 Å². The van der Waals surface area contributed by atoms with Gasteiger partial charge in [0.05, 0.1) is 0 Å². The first-order valence-electron chi connectivity index (χ1n) is 4.19. The largest absolute Gasteiger partial charge is 0.299 e. The molecule has 0 aliphatic carbocycles. The van der Waals surface area contributed by atoms with Crippen LogP contribution in [0.4, 0.5) is 0 Å². The normalized spacial score (nSPS) is 11.9. The molecule has 0 heterocycles. The van der Waals surface area contributed by atoms with Gasteiger partial charge in [0.2, 0.25) is 0 Å². The van der Waals surface area contributed by atoms with Crippen molar-refractivity contribution in [2.24, 2.45) is 0 Å². The number of allylic oxidation sites excluding steroid dienone is 4. The lowest BCUT2D eigenvalue weighted by atomic mass is 10.1. The number of hydrogen-bond donors (Lipinski definition) is 0. The average molecular weight is 172 g/mol. The van der Waals surface area contributed by atoms with Crippen LogP contribution in [0.2, 0.25) is 0 Å². The van der Waals surface area contributed by atoms with Crippen LogP contribution in [-0.2, 0) is 4.79 Å². The molecule has 0 aromatic heterocycles. The minimum absolute atomic E-state index is 0.773. The zero-order chi connectivity index (χ0) is 9.52. The van der Waals surface area contributed by atoms with Crippen LogP contribution in [0.25, 0.3) is 5.57 Å². The van der Waals surface area contributed by atoms with E-state index in [0.29, 0.717) is 0 Å². The lowest BCUT2D eigenvalue weighted by molar-refractivity contribution is -0.104. The van der Waals surface area contributed by atoms with Crippen molar-refractivity contribution in [3.63, 3.8) is 0 Å². The van der Waals surface area contributed by atoms with E-state index in [1.165, 1.54) is 11.6 Å². The number of benzene rings is 1. The third kappa shape index (κ3) is 3.08. The first kappa shape index (κ1) is 9.46. The summed E-state index contributed by atoms with van der Waals surface area (Å²) in [4.78, 5) is 10.0. The molecule has 1 heteroatoms. The zero-order valence-corrected chi connectivity index (χ0v) is 7.60. The molecule has 1 rings (SSSR count). The Morgan fingerprint density at radius 3 is 2.46 bits per heavy atom. The van der Waals surface area contributed by atoms with Gasteiger partial charge < -0.3 is 0 Å². The van der Waals surface area contributed by atoms with Crippen molar-refractivity contribution < 1.29 is 4.79 Å². The van der Waals surface area contributed by atoms with Crippen LogP contribution in [0, 0.1) is 0 Å². The highest BCUT2D eigenvalue weighted by Gasteiger charge is 1.90. The van der Waals surface area contributed by atoms with Crippen molar-refractivity contribution in [2.75, 3.05) is 0 Å². The Morgan fingerprint density at radius 1 is 1.15 bits per heavy atom. The highest BCUT2D eigenvalue weighted by atomic mass is 16.1. The summed E-state index contributed by atoms with van der Waals surface area (Å²) in [6, 6.07) is 10.1. The number of aldehydes is 1. The molecule has 0 aliphatic rings. The van der Waals surface area contributed by atoms with Gasteiger partial charge in [-0.1, -0.05) is 42.5 Å². The van der Waals surface area contributed by atoms with Gasteiger partial charge in [0, 0.05) is 0 Å². The van der Waals surface area contributed by atoms with Crippen molar-refractivity contribution in [3.8, 4) is 0 Å². The second-order valence-electron chi connectivity index (χ2n) is 2.74. The first-order valence-corrected chi connectivity index (χ1v) is 4.19. The predicted molar refractivity (Wildman–Crippen MR) is 55.3 cm³/mol. The number of rotatable bonds is 3. The highest BCUT2D eigenvalue weighted by Crippen LogP contribution is 2.12. The molecule has 0 unspecified atom stereocenters. The molecule has 1 nitrogen and oxygen atoms in total. The summed E-state index contributed by atoms with van der Waals surface area (Å²) in [5, 5.41) is 0. The Kier molecular flexibility index (Phi) is 3.71. The van der Waals surface area contributed by atoms with Gasteiger partial charge >= 0.3 is 0 Å². The van der Waals surface area contributed by atoms with Gasteiger partial charge in [-0.3, -0.25) is 4.79 Å². The molecule has 0 aliphatic heterocycles. The lowest BCUT2D eigenvalue weighted by Crippen LogP contribution is -1.76. The number of carbonyl (C=O) groups is 1. The van der Waals surface area contributed by atoms with Crippen molar-refractivity contribution in [1.82, 2.24) is 0 Å². The Bertz CT molecular complexity index is 320. The van der Waals surface area contributed by atoms with Crippen LogP contribution in [-0.4, -0.2) is 6.29 Å². The van der Waals surface area contributed by atoms with E-state index in [9.17, 15) is 4.79 Å². The molecule has 0 bridgehead atoms. The molecule has 0 radical (unpaired) electrons. The smallest absolute Gasteiger partial charge is 0.142 e. The SMILES string of the molecule is C/C(=C\C=C\C=O)c1ccccc1. The standard InChI is InChI=1S/C12H12O/c1-11(7-5-6-10-13)12-8-3-2-4-9-12/h2-10H,1H3/b6-5+,11-7+. The molecule has 0 spiro atoms. The van der Waals surface area contributed by atoms with Crippen molar-refractivity contribution in [3.05, 3.63) is 54.1 Å². The maximum atomic E-state index is 10.0. The molecule has 0 saturated heterocycles. The van der Waals surface area contributed by atoms with E-state index in [1.54, 1.807) is 6.08 Å². The highest BCUT2D eigenvalue weighted by molar-refractivity contribution is 5.69. The summed E-state index contributed by atoms with van der Waals surface area (Å²) >= 11 is 0. The van der Waals surface area contributed by atoms with Crippen LogP contribution in [0.1, 0.15) is 12.5 Å². The third-order valence-corrected chi connectivity index (χ3v) is 1.77. The topological polar surface area (TPSA) is 17.1 Å². The van der Waals surface area contributed by atoms with E-state index in [2.05, 4.69) is 0 Å². The van der Waals surface area contributed by atoms with Crippen LogP contribution in [0.15, 0.2) is 48.6 Å². The molecule has 0 amide bonds. The van der Waals surface area contributed by atoms with Gasteiger partial charge in [-0.2, -0.15) is 0 Å². The lowest BCUT2D eigenvalue weighted by Gasteiger charge is -1.97. The van der Waals surface area contributed by atoms with E-state index in [1.807, 2.05) is 43.3 Å². The van der Waals surface area contributed by atoms with Crippen LogP contribution in [0.5, 0.6) is 0 Å². The van der Waals surface area contributed by atoms with Crippen molar-refractivity contribution in [1.29, 1.82) is 0 Å². The molecule has 0 fully saturated rings. The summed E-state index contributed by atoms with van der Waals surface area (Å²) in [6.45, 7) is 2.02. The van der Waals surface area contributed by atoms with E-state index < -0.39 is 0 Å². The second kappa shape index (κ2) is 5.09. The molecule has 0 atom stereocenters. The van der Waals surface area contributed by atoms with E-state index in [4.69, 9.17) is 0 Å². The molecular formula is C12H12O. The number of carbonyl (C=O) groups excluding carboxylic acids is 1. The van der Waals surface area contributed by atoms with Gasteiger partial charge in [-0.25, -0.2) is 0 Å². The molecule has 0 saturated carbocycles. The van der Waals surface area contributed by atoms with Crippen LogP contribution < -0.4 is 0 Å². The Labute approximate surface area is 78.4 Å². The van der Waals surface area contributed by atoms with Crippen LogP contribution in [0.3, 0.4) is 0 Å². The minimum atomic E-state index is 0.773. The first-order chi connectivity index (χ1) is 6.34. The summed E-state index contributed by atoms with van der Waals surface area (Å²) in [6.07, 6.45) is 5.92. The molecule has 1 aromatic rings. The van der Waals surface area contributed by atoms with Crippen LogP contribution >= 0.6 is 0 Å². The quantitative estimate of drug-likeness (QED) is 0.389. The Hall–Kier alpha value is -1.63. The molecule has 13 heavy (non-hydrogen) atoms. The maximum Gasteiger partial charge on any atom is 0.142 e. The molecule has 1 aromatic carbocycles. The number of hydrogen-bond acceptors (Lipinski definition) is 1. The maximum absolute atomic E-state index is 10.0. The average Bonchev–Trinajstić information content (AvgIpc) is 2.19.